The molecular formula is C13H24N2. The van der Waals surface area contributed by atoms with E-state index in [4.69, 9.17) is 5.26 Å². The van der Waals surface area contributed by atoms with Gasteiger partial charge >= 0.3 is 0 Å². The zero-order valence-corrected chi connectivity index (χ0v) is 10.5. The van der Waals surface area contributed by atoms with E-state index in [0.29, 0.717) is 6.04 Å². The maximum Gasteiger partial charge on any atom is 0.0697 e. The van der Waals surface area contributed by atoms with Gasteiger partial charge in [0.1, 0.15) is 0 Å². The van der Waals surface area contributed by atoms with Crippen molar-refractivity contribution in [2.24, 2.45) is 17.3 Å². The number of nitriles is 1. The first-order valence-electron chi connectivity index (χ1n) is 6.11. The van der Waals surface area contributed by atoms with Crippen molar-refractivity contribution < 1.29 is 0 Å². The molecule has 1 rings (SSSR count). The minimum atomic E-state index is -0.239. The fourth-order valence-corrected chi connectivity index (χ4v) is 2.50. The Morgan fingerprint density at radius 3 is 2.27 bits per heavy atom. The third kappa shape index (κ3) is 3.50. The monoisotopic (exact) mass is 208 g/mol. The van der Waals surface area contributed by atoms with Gasteiger partial charge < -0.3 is 5.32 Å². The summed E-state index contributed by atoms with van der Waals surface area (Å²) in [7, 11) is 0. The van der Waals surface area contributed by atoms with Crippen LogP contribution in [0.15, 0.2) is 0 Å². The van der Waals surface area contributed by atoms with Crippen LogP contribution in [0.4, 0.5) is 0 Å². The molecule has 0 radical (unpaired) electrons. The van der Waals surface area contributed by atoms with Crippen LogP contribution in [0, 0.1) is 28.6 Å². The molecule has 1 aliphatic carbocycles. The van der Waals surface area contributed by atoms with E-state index in [1.165, 1.54) is 19.3 Å². The third-order valence-electron chi connectivity index (χ3n) is 3.63. The molecule has 0 bridgehead atoms. The fraction of sp³-hybridized carbons (Fsp3) is 0.923. The van der Waals surface area contributed by atoms with Gasteiger partial charge in [-0.1, -0.05) is 20.3 Å². The Hall–Kier alpha value is -0.550. The molecule has 0 saturated heterocycles. The number of rotatable bonds is 3. The fourth-order valence-electron chi connectivity index (χ4n) is 2.50. The average molecular weight is 208 g/mol. The Balaban J connectivity index is 2.46. The largest absolute Gasteiger partial charge is 0.312 e. The first-order chi connectivity index (χ1) is 6.96. The van der Waals surface area contributed by atoms with Crippen LogP contribution in [-0.2, 0) is 0 Å². The Kier molecular flexibility index (Phi) is 4.16. The summed E-state index contributed by atoms with van der Waals surface area (Å²) in [5.74, 6) is 1.51. The lowest BCUT2D eigenvalue weighted by molar-refractivity contribution is 0.197. The molecule has 2 atom stereocenters. The molecule has 0 amide bonds. The van der Waals surface area contributed by atoms with E-state index < -0.39 is 0 Å². The van der Waals surface area contributed by atoms with Crippen molar-refractivity contribution in [3.8, 4) is 6.07 Å². The van der Waals surface area contributed by atoms with Gasteiger partial charge in [-0.05, 0) is 38.5 Å². The average Bonchev–Trinajstić information content (AvgIpc) is 2.17. The topological polar surface area (TPSA) is 35.8 Å². The van der Waals surface area contributed by atoms with Crippen LogP contribution in [0.25, 0.3) is 0 Å². The summed E-state index contributed by atoms with van der Waals surface area (Å²) in [6.45, 7) is 9.46. The zero-order valence-electron chi connectivity index (χ0n) is 10.5. The van der Waals surface area contributed by atoms with Crippen LogP contribution in [0.3, 0.4) is 0 Å². The lowest BCUT2D eigenvalue weighted by atomic mass is 9.78. The second kappa shape index (κ2) is 4.99. The Morgan fingerprint density at radius 2 is 1.80 bits per heavy atom. The highest BCUT2D eigenvalue weighted by Gasteiger charge is 2.29. The minimum absolute atomic E-state index is 0.239. The zero-order chi connectivity index (χ0) is 11.5. The van der Waals surface area contributed by atoms with Crippen molar-refractivity contribution in [1.29, 1.82) is 5.26 Å². The quantitative estimate of drug-likeness (QED) is 0.774. The van der Waals surface area contributed by atoms with Gasteiger partial charge in [0, 0.05) is 12.6 Å². The molecule has 0 aromatic heterocycles. The smallest absolute Gasteiger partial charge is 0.0697 e. The van der Waals surface area contributed by atoms with E-state index in [1.807, 2.05) is 13.8 Å². The first-order valence-corrected chi connectivity index (χ1v) is 6.11. The molecule has 0 aromatic rings. The maximum atomic E-state index is 8.97. The van der Waals surface area contributed by atoms with Gasteiger partial charge in [0.25, 0.3) is 0 Å². The Bertz CT molecular complexity index is 229. The van der Waals surface area contributed by atoms with Gasteiger partial charge in [-0.3, -0.25) is 0 Å². The van der Waals surface area contributed by atoms with Crippen molar-refractivity contribution in [3.63, 3.8) is 0 Å². The Morgan fingerprint density at radius 1 is 1.27 bits per heavy atom. The standard InChI is InChI=1S/C13H24N2/c1-10-6-5-7-11(2)12(10)15-9-13(3,4)8-14/h10-12,15H,5-7,9H2,1-4H3. The van der Waals surface area contributed by atoms with E-state index in [0.717, 1.165) is 18.4 Å². The van der Waals surface area contributed by atoms with Crippen molar-refractivity contribution in [3.05, 3.63) is 0 Å². The first kappa shape index (κ1) is 12.5. The normalized spacial score (nSPS) is 32.3. The molecule has 0 spiro atoms. The summed E-state index contributed by atoms with van der Waals surface area (Å²) < 4.78 is 0. The van der Waals surface area contributed by atoms with Crippen LogP contribution >= 0.6 is 0 Å². The van der Waals surface area contributed by atoms with Crippen LogP contribution in [0.2, 0.25) is 0 Å². The summed E-state index contributed by atoms with van der Waals surface area (Å²) in [5, 5.41) is 12.6. The summed E-state index contributed by atoms with van der Waals surface area (Å²) >= 11 is 0. The Labute approximate surface area is 94.1 Å². The lowest BCUT2D eigenvalue weighted by Gasteiger charge is -2.36. The van der Waals surface area contributed by atoms with Crippen LogP contribution in [-0.4, -0.2) is 12.6 Å². The number of nitrogens with one attached hydrogen (secondary N) is 1. The molecule has 1 N–H and O–H groups in total. The van der Waals surface area contributed by atoms with E-state index in [-0.39, 0.29) is 5.41 Å². The second-order valence-corrected chi connectivity index (χ2v) is 5.79. The number of hydrogen-bond donors (Lipinski definition) is 1. The van der Waals surface area contributed by atoms with Crippen molar-refractivity contribution in [1.82, 2.24) is 5.32 Å². The van der Waals surface area contributed by atoms with Gasteiger partial charge in [0.2, 0.25) is 0 Å². The van der Waals surface area contributed by atoms with Gasteiger partial charge in [0.15, 0.2) is 0 Å². The highest BCUT2D eigenvalue weighted by molar-refractivity contribution is 4.95. The molecule has 0 heterocycles. The van der Waals surface area contributed by atoms with Gasteiger partial charge in [-0.2, -0.15) is 5.26 Å². The van der Waals surface area contributed by atoms with Crippen LogP contribution in [0.5, 0.6) is 0 Å². The van der Waals surface area contributed by atoms with E-state index in [2.05, 4.69) is 25.2 Å². The summed E-state index contributed by atoms with van der Waals surface area (Å²) in [5.41, 5.74) is -0.239. The highest BCUT2D eigenvalue weighted by Crippen LogP contribution is 2.29. The predicted octanol–water partition coefficient (Wildman–Crippen LogP) is 2.95. The van der Waals surface area contributed by atoms with Crippen molar-refractivity contribution >= 4 is 0 Å². The van der Waals surface area contributed by atoms with Crippen molar-refractivity contribution in [2.45, 2.75) is 53.0 Å². The van der Waals surface area contributed by atoms with Gasteiger partial charge in [0.05, 0.1) is 11.5 Å². The van der Waals surface area contributed by atoms with E-state index in [9.17, 15) is 0 Å². The SMILES string of the molecule is CC1CCCC(C)C1NCC(C)(C)C#N. The molecule has 1 aliphatic rings. The molecular weight excluding hydrogens is 184 g/mol. The minimum Gasteiger partial charge on any atom is -0.312 e. The molecule has 2 nitrogen and oxygen atoms in total. The molecule has 1 fully saturated rings. The van der Waals surface area contributed by atoms with E-state index in [1.54, 1.807) is 0 Å². The van der Waals surface area contributed by atoms with Crippen LogP contribution in [0.1, 0.15) is 47.0 Å². The highest BCUT2D eigenvalue weighted by atomic mass is 14.9. The maximum absolute atomic E-state index is 8.97. The van der Waals surface area contributed by atoms with Gasteiger partial charge in [-0.25, -0.2) is 0 Å². The molecule has 15 heavy (non-hydrogen) atoms. The molecule has 0 aromatic carbocycles. The van der Waals surface area contributed by atoms with Gasteiger partial charge in [-0.15, -0.1) is 0 Å². The number of nitrogens with zero attached hydrogens (tertiary/aromatic N) is 1. The molecule has 86 valence electrons. The summed E-state index contributed by atoms with van der Waals surface area (Å²) in [4.78, 5) is 0. The third-order valence-corrected chi connectivity index (χ3v) is 3.63. The molecule has 0 aliphatic heterocycles. The van der Waals surface area contributed by atoms with Crippen LogP contribution < -0.4 is 5.32 Å². The van der Waals surface area contributed by atoms with Crippen molar-refractivity contribution in [2.75, 3.05) is 6.54 Å². The molecule has 1 saturated carbocycles. The van der Waals surface area contributed by atoms with E-state index >= 15 is 0 Å². The second-order valence-electron chi connectivity index (χ2n) is 5.79. The predicted molar refractivity (Wildman–Crippen MR) is 63.4 cm³/mol. The lowest BCUT2D eigenvalue weighted by Crippen LogP contribution is -2.46. The number of hydrogen-bond acceptors (Lipinski definition) is 2. The molecule has 2 heteroatoms. The molecule has 2 unspecified atom stereocenters. The summed E-state index contributed by atoms with van der Waals surface area (Å²) in [6.07, 6.45) is 4.02. The summed E-state index contributed by atoms with van der Waals surface area (Å²) in [6, 6.07) is 2.95.